The van der Waals surface area contributed by atoms with Crippen LogP contribution in [0, 0.1) is 30.1 Å². The Kier molecular flexibility index (Phi) is 8.27. The predicted octanol–water partition coefficient (Wildman–Crippen LogP) is 5.53. The van der Waals surface area contributed by atoms with Crippen molar-refractivity contribution in [2.75, 3.05) is 26.5 Å². The van der Waals surface area contributed by atoms with Crippen LogP contribution in [0.2, 0.25) is 0 Å². The van der Waals surface area contributed by atoms with Gasteiger partial charge in [-0.05, 0) is 98.8 Å². The topological polar surface area (TPSA) is 110 Å². The third kappa shape index (κ3) is 5.65. The fraction of sp³-hybridized carbons (Fsp3) is 0.621. The minimum atomic E-state index is -3.79. The first-order valence-corrected chi connectivity index (χ1v) is 16.3. The minimum absolute atomic E-state index is 0.0110. The highest BCUT2D eigenvalue weighted by Gasteiger charge is 2.57. The van der Waals surface area contributed by atoms with Crippen molar-refractivity contribution in [2.24, 2.45) is 28.3 Å². The molecule has 2 fully saturated rings. The molecule has 3 aliphatic carbocycles. The first-order valence-electron chi connectivity index (χ1n) is 14.1. The van der Waals surface area contributed by atoms with Gasteiger partial charge in [-0.1, -0.05) is 18.1 Å². The zero-order valence-corrected chi connectivity index (χ0v) is 25.6. The van der Waals surface area contributed by atoms with Crippen LogP contribution >= 0.6 is 11.3 Å². The molecule has 1 aromatic heterocycles. The third-order valence-corrected chi connectivity index (χ3v) is 11.4. The van der Waals surface area contributed by atoms with Crippen molar-refractivity contribution in [3.05, 3.63) is 40.4 Å². The van der Waals surface area contributed by atoms with Crippen LogP contribution in [-0.2, 0) is 26.4 Å². The van der Waals surface area contributed by atoms with E-state index in [-0.39, 0.29) is 11.3 Å². The van der Waals surface area contributed by atoms with Crippen LogP contribution in [0.4, 0.5) is 5.13 Å². The Hall–Kier alpha value is -2.50. The van der Waals surface area contributed by atoms with Crippen LogP contribution in [0.15, 0.2) is 29.6 Å². The van der Waals surface area contributed by atoms with Gasteiger partial charge in [-0.15, -0.1) is 11.3 Å². The Labute approximate surface area is 241 Å². The number of anilines is 1. The van der Waals surface area contributed by atoms with Gasteiger partial charge in [-0.25, -0.2) is 4.98 Å². The maximum absolute atomic E-state index is 12.6. The molecule has 1 amide bonds. The molecule has 2 aromatic rings. The van der Waals surface area contributed by atoms with Crippen molar-refractivity contribution >= 4 is 38.4 Å². The molecule has 9 nitrogen and oxygen atoms in total. The summed E-state index contributed by atoms with van der Waals surface area (Å²) in [5.74, 6) is 2.21. The molecule has 0 radical (unpaired) electrons. The molecule has 2 saturated carbocycles. The summed E-state index contributed by atoms with van der Waals surface area (Å²) in [6.45, 7) is 4.34. The quantitative estimate of drug-likeness (QED) is 0.386. The molecule has 11 heteroatoms. The van der Waals surface area contributed by atoms with E-state index in [1.807, 2.05) is 13.0 Å². The molecule has 40 heavy (non-hydrogen) atoms. The van der Waals surface area contributed by atoms with Crippen LogP contribution in [0.5, 0.6) is 5.75 Å². The highest BCUT2D eigenvalue weighted by molar-refractivity contribution is 7.84. The first-order chi connectivity index (χ1) is 19.0. The lowest BCUT2D eigenvalue weighted by atomic mass is 9.54. The molecule has 5 rings (SSSR count). The van der Waals surface area contributed by atoms with E-state index in [2.05, 4.69) is 28.4 Å². The number of benzene rings is 1. The summed E-state index contributed by atoms with van der Waals surface area (Å²) in [5.41, 5.74) is 3.66. The predicted molar refractivity (Wildman–Crippen MR) is 157 cm³/mol. The first kappa shape index (κ1) is 29.0. The van der Waals surface area contributed by atoms with Gasteiger partial charge in [0.1, 0.15) is 12.9 Å². The lowest BCUT2D eigenvalue weighted by Gasteiger charge is -2.50. The zero-order valence-electron chi connectivity index (χ0n) is 24.0. The Morgan fingerprint density at radius 1 is 1.30 bits per heavy atom. The maximum atomic E-state index is 12.6. The van der Waals surface area contributed by atoms with Crippen molar-refractivity contribution in [1.82, 2.24) is 9.29 Å². The van der Waals surface area contributed by atoms with Crippen LogP contribution in [0.1, 0.15) is 73.8 Å². The number of hydrogen-bond donors (Lipinski definition) is 1. The van der Waals surface area contributed by atoms with Gasteiger partial charge in [-0.2, -0.15) is 12.7 Å². The Morgan fingerprint density at radius 2 is 2.10 bits per heavy atom. The summed E-state index contributed by atoms with van der Waals surface area (Å²) < 4.78 is 30.9. The lowest BCUT2D eigenvalue weighted by Crippen LogP contribution is -2.44. The van der Waals surface area contributed by atoms with Crippen molar-refractivity contribution < 1.29 is 22.2 Å². The number of carbonyl (C=O) groups is 1. The SMILES string of the molecule is CO/N=C1\C[C@@H](CCCC(=O)Nc2ncc(C)s2)C2C3CCc4cc(OS(=O)(=O)N(C)C)ccc4C3CC[C@]12C. The summed E-state index contributed by atoms with van der Waals surface area (Å²) in [6, 6.07) is 5.78. The standard InChI is InChI=1S/C29H40N4O5S2/c1-18-17-30-28(39-18)31-26(34)8-6-7-20-16-25(32-37-5)29(2)14-13-23-22-12-10-21(38-40(35,36)33(3)4)15-19(22)9-11-24(23)27(20)29/h10,12,15,17,20,23-24,27H,6-9,11,13-14,16H2,1-5H3,(H,30,31,34)/b32-25+/t20-,23?,24?,27?,29-/m1/s1. The second-order valence-electron chi connectivity index (χ2n) is 11.9. The lowest BCUT2D eigenvalue weighted by molar-refractivity contribution is -0.116. The van der Waals surface area contributed by atoms with Crippen molar-refractivity contribution in [1.29, 1.82) is 0 Å². The number of carbonyl (C=O) groups excluding carboxylic acids is 1. The Bertz CT molecular complexity index is 1390. The molecule has 0 bridgehead atoms. The van der Waals surface area contributed by atoms with Gasteiger partial charge in [0.2, 0.25) is 5.91 Å². The monoisotopic (exact) mass is 588 g/mol. The van der Waals surface area contributed by atoms with Crippen LogP contribution in [0.25, 0.3) is 0 Å². The molecule has 3 unspecified atom stereocenters. The van der Waals surface area contributed by atoms with E-state index in [0.717, 1.165) is 59.8 Å². The Morgan fingerprint density at radius 3 is 2.80 bits per heavy atom. The van der Waals surface area contributed by atoms with Crippen molar-refractivity contribution in [2.45, 2.75) is 71.1 Å². The largest absolute Gasteiger partial charge is 0.399 e. The van der Waals surface area contributed by atoms with Crippen LogP contribution in [-0.4, -0.2) is 50.5 Å². The van der Waals surface area contributed by atoms with E-state index >= 15 is 0 Å². The third-order valence-electron chi connectivity index (χ3n) is 9.27. The summed E-state index contributed by atoms with van der Waals surface area (Å²) in [6.07, 6.45) is 8.99. The number of nitrogens with one attached hydrogen (secondary N) is 1. The molecule has 3 aliphatic rings. The van der Waals surface area contributed by atoms with Crippen LogP contribution < -0.4 is 9.50 Å². The molecule has 218 valence electrons. The minimum Gasteiger partial charge on any atom is -0.399 e. The summed E-state index contributed by atoms with van der Waals surface area (Å²) in [4.78, 5) is 23.2. The molecular weight excluding hydrogens is 548 g/mol. The fourth-order valence-electron chi connectivity index (χ4n) is 7.52. The van der Waals surface area contributed by atoms with Crippen molar-refractivity contribution in [3.63, 3.8) is 0 Å². The second kappa shape index (κ2) is 11.4. The summed E-state index contributed by atoms with van der Waals surface area (Å²) in [7, 11) is 0.758. The van der Waals surface area contributed by atoms with Gasteiger partial charge in [0.25, 0.3) is 0 Å². The number of fused-ring (bicyclic) bond motifs is 5. The van der Waals surface area contributed by atoms with E-state index in [9.17, 15) is 13.2 Å². The molecule has 5 atom stereocenters. The maximum Gasteiger partial charge on any atom is 0.384 e. The molecule has 1 N–H and O–H groups in total. The number of amides is 1. The second-order valence-corrected chi connectivity index (χ2v) is 14.9. The smallest absolute Gasteiger partial charge is 0.384 e. The highest BCUT2D eigenvalue weighted by Crippen LogP contribution is 2.62. The molecule has 0 aliphatic heterocycles. The van der Waals surface area contributed by atoms with E-state index in [1.165, 1.54) is 36.6 Å². The van der Waals surface area contributed by atoms with E-state index in [0.29, 0.717) is 41.0 Å². The number of nitrogens with zero attached hydrogens (tertiary/aromatic N) is 3. The number of thiazole rings is 1. The zero-order chi connectivity index (χ0) is 28.7. The Balaban J connectivity index is 1.32. The molecule has 1 heterocycles. The number of oxime groups is 1. The van der Waals surface area contributed by atoms with E-state index in [4.69, 9.17) is 9.02 Å². The van der Waals surface area contributed by atoms with Crippen molar-refractivity contribution in [3.8, 4) is 5.75 Å². The molecular formula is C29H40N4O5S2. The highest BCUT2D eigenvalue weighted by atomic mass is 32.2. The van der Waals surface area contributed by atoms with E-state index < -0.39 is 10.3 Å². The normalized spacial score (nSPS) is 28.6. The summed E-state index contributed by atoms with van der Waals surface area (Å²) in [5, 5.41) is 8.12. The number of aryl methyl sites for hydroxylation is 2. The van der Waals surface area contributed by atoms with Gasteiger partial charge in [0.15, 0.2) is 5.13 Å². The van der Waals surface area contributed by atoms with Gasteiger partial charge in [0, 0.05) is 37.0 Å². The molecule has 1 aromatic carbocycles. The van der Waals surface area contributed by atoms with Gasteiger partial charge >= 0.3 is 10.3 Å². The molecule has 0 saturated heterocycles. The number of hydrogen-bond acceptors (Lipinski definition) is 8. The van der Waals surface area contributed by atoms with E-state index in [1.54, 1.807) is 19.4 Å². The average Bonchev–Trinajstić information content (AvgIpc) is 3.43. The molecule has 0 spiro atoms. The van der Waals surface area contributed by atoms with Gasteiger partial charge in [0.05, 0.1) is 5.71 Å². The number of rotatable bonds is 9. The average molecular weight is 589 g/mol. The van der Waals surface area contributed by atoms with Gasteiger partial charge in [-0.3, -0.25) is 4.79 Å². The fourth-order valence-corrected chi connectivity index (χ4v) is 8.70. The number of aromatic nitrogens is 1. The van der Waals surface area contributed by atoms with Crippen LogP contribution in [0.3, 0.4) is 0 Å². The van der Waals surface area contributed by atoms with Gasteiger partial charge < -0.3 is 14.3 Å². The summed E-state index contributed by atoms with van der Waals surface area (Å²) >= 11 is 1.49.